The van der Waals surface area contributed by atoms with Crippen molar-refractivity contribution < 1.29 is 14.3 Å². The van der Waals surface area contributed by atoms with E-state index in [9.17, 15) is 4.79 Å². The van der Waals surface area contributed by atoms with Gasteiger partial charge in [-0.1, -0.05) is 20.8 Å². The standard InChI is InChI=1S/C11H20O3/c1-8-6-11(5,7-12)14-9(13-8)10(2,3)4/h7-9H,6H2,1-5H3/t8-,9+,11+/m1/s1. The van der Waals surface area contributed by atoms with Gasteiger partial charge in [0.2, 0.25) is 0 Å². The molecule has 0 aliphatic carbocycles. The van der Waals surface area contributed by atoms with Crippen molar-refractivity contribution in [3.8, 4) is 0 Å². The molecule has 1 fully saturated rings. The lowest BCUT2D eigenvalue weighted by Crippen LogP contribution is -2.50. The van der Waals surface area contributed by atoms with E-state index in [1.807, 2.05) is 34.6 Å². The molecular formula is C11H20O3. The van der Waals surface area contributed by atoms with Crippen LogP contribution in [0.25, 0.3) is 0 Å². The van der Waals surface area contributed by atoms with E-state index in [0.717, 1.165) is 6.29 Å². The molecule has 0 radical (unpaired) electrons. The highest BCUT2D eigenvalue weighted by atomic mass is 16.7. The maximum absolute atomic E-state index is 10.9. The summed E-state index contributed by atoms with van der Waals surface area (Å²) in [4.78, 5) is 10.9. The predicted octanol–water partition coefficient (Wildman–Crippen LogP) is 2.14. The van der Waals surface area contributed by atoms with Gasteiger partial charge >= 0.3 is 0 Å². The first-order valence-electron chi connectivity index (χ1n) is 5.06. The van der Waals surface area contributed by atoms with E-state index in [0.29, 0.717) is 6.42 Å². The average molecular weight is 200 g/mol. The van der Waals surface area contributed by atoms with Crippen molar-refractivity contribution in [2.75, 3.05) is 0 Å². The Balaban J connectivity index is 2.78. The largest absolute Gasteiger partial charge is 0.349 e. The molecular weight excluding hydrogens is 180 g/mol. The molecule has 3 atom stereocenters. The van der Waals surface area contributed by atoms with Crippen molar-refractivity contribution in [2.24, 2.45) is 5.41 Å². The molecule has 3 heteroatoms. The second-order valence-electron chi connectivity index (χ2n) is 5.40. The summed E-state index contributed by atoms with van der Waals surface area (Å²) in [7, 11) is 0. The molecule has 0 bridgehead atoms. The number of carbonyl (C=O) groups excluding carboxylic acids is 1. The van der Waals surface area contributed by atoms with Gasteiger partial charge in [0.25, 0.3) is 0 Å². The Kier molecular flexibility index (Phi) is 3.02. The Bertz CT molecular complexity index is 219. The predicted molar refractivity (Wildman–Crippen MR) is 54.0 cm³/mol. The molecule has 1 saturated heterocycles. The maximum Gasteiger partial charge on any atom is 0.164 e. The van der Waals surface area contributed by atoms with Crippen molar-refractivity contribution in [2.45, 2.75) is 59.0 Å². The van der Waals surface area contributed by atoms with Crippen LogP contribution in [0.15, 0.2) is 0 Å². The number of carbonyl (C=O) groups is 1. The highest BCUT2D eigenvalue weighted by Gasteiger charge is 2.41. The first-order chi connectivity index (χ1) is 6.27. The van der Waals surface area contributed by atoms with E-state index in [2.05, 4.69) is 0 Å². The normalized spacial score (nSPS) is 39.5. The van der Waals surface area contributed by atoms with E-state index < -0.39 is 5.60 Å². The van der Waals surface area contributed by atoms with Gasteiger partial charge in [0, 0.05) is 11.8 Å². The minimum Gasteiger partial charge on any atom is -0.349 e. The Labute approximate surface area is 85.8 Å². The second kappa shape index (κ2) is 3.63. The lowest BCUT2D eigenvalue weighted by atomic mass is 9.92. The summed E-state index contributed by atoms with van der Waals surface area (Å²) in [6.07, 6.45) is 1.28. The van der Waals surface area contributed by atoms with Crippen LogP contribution in [0, 0.1) is 5.41 Å². The lowest BCUT2D eigenvalue weighted by molar-refractivity contribution is -0.294. The number of ether oxygens (including phenoxy) is 2. The molecule has 14 heavy (non-hydrogen) atoms. The fourth-order valence-electron chi connectivity index (χ4n) is 1.61. The van der Waals surface area contributed by atoms with E-state index in [4.69, 9.17) is 9.47 Å². The summed E-state index contributed by atoms with van der Waals surface area (Å²) < 4.78 is 11.3. The molecule has 0 unspecified atom stereocenters. The molecule has 0 amide bonds. The summed E-state index contributed by atoms with van der Waals surface area (Å²) in [5.41, 5.74) is -0.783. The number of rotatable bonds is 1. The second-order valence-corrected chi connectivity index (χ2v) is 5.40. The van der Waals surface area contributed by atoms with Gasteiger partial charge in [-0.15, -0.1) is 0 Å². The van der Waals surface area contributed by atoms with Gasteiger partial charge in [0.1, 0.15) is 5.60 Å². The van der Waals surface area contributed by atoms with Crippen LogP contribution in [0.5, 0.6) is 0 Å². The van der Waals surface area contributed by atoms with E-state index in [1.165, 1.54) is 0 Å². The molecule has 1 aliphatic heterocycles. The summed E-state index contributed by atoms with van der Waals surface area (Å²) in [6, 6.07) is 0. The molecule has 0 aromatic carbocycles. The van der Waals surface area contributed by atoms with Crippen LogP contribution in [-0.2, 0) is 14.3 Å². The Hall–Kier alpha value is -0.410. The van der Waals surface area contributed by atoms with Gasteiger partial charge in [-0.2, -0.15) is 0 Å². The van der Waals surface area contributed by atoms with Gasteiger partial charge in [-0.3, -0.25) is 0 Å². The molecule has 3 nitrogen and oxygen atoms in total. The molecule has 0 spiro atoms. The molecule has 1 heterocycles. The number of aldehydes is 1. The summed E-state index contributed by atoms with van der Waals surface area (Å²) in [5, 5.41) is 0. The van der Waals surface area contributed by atoms with Gasteiger partial charge in [-0.25, -0.2) is 0 Å². The number of hydrogen-bond acceptors (Lipinski definition) is 3. The van der Waals surface area contributed by atoms with Gasteiger partial charge in [-0.05, 0) is 13.8 Å². The van der Waals surface area contributed by atoms with Crippen molar-refractivity contribution >= 4 is 6.29 Å². The van der Waals surface area contributed by atoms with Crippen molar-refractivity contribution in [1.29, 1.82) is 0 Å². The molecule has 1 rings (SSSR count). The van der Waals surface area contributed by atoms with Crippen molar-refractivity contribution in [3.63, 3.8) is 0 Å². The topological polar surface area (TPSA) is 35.5 Å². The Morgan fingerprint density at radius 1 is 1.43 bits per heavy atom. The van der Waals surface area contributed by atoms with E-state index in [1.54, 1.807) is 0 Å². The fourth-order valence-corrected chi connectivity index (χ4v) is 1.61. The molecule has 0 aromatic rings. The minimum atomic E-state index is -0.685. The minimum absolute atomic E-state index is 0.0724. The first-order valence-corrected chi connectivity index (χ1v) is 5.06. The Morgan fingerprint density at radius 2 is 2.00 bits per heavy atom. The van der Waals surface area contributed by atoms with E-state index in [-0.39, 0.29) is 17.8 Å². The smallest absolute Gasteiger partial charge is 0.164 e. The molecule has 0 aromatic heterocycles. The third kappa shape index (κ3) is 2.55. The van der Waals surface area contributed by atoms with Crippen LogP contribution in [0.3, 0.4) is 0 Å². The molecule has 0 saturated carbocycles. The quantitative estimate of drug-likeness (QED) is 0.608. The zero-order valence-electron chi connectivity index (χ0n) is 9.66. The third-order valence-corrected chi connectivity index (χ3v) is 2.38. The van der Waals surface area contributed by atoms with Crippen molar-refractivity contribution in [1.82, 2.24) is 0 Å². The van der Waals surface area contributed by atoms with Crippen LogP contribution in [0.4, 0.5) is 0 Å². The third-order valence-electron chi connectivity index (χ3n) is 2.38. The van der Waals surface area contributed by atoms with Crippen LogP contribution < -0.4 is 0 Å². The lowest BCUT2D eigenvalue weighted by Gasteiger charge is -2.43. The van der Waals surface area contributed by atoms with Crippen LogP contribution >= 0.6 is 0 Å². The van der Waals surface area contributed by atoms with Crippen LogP contribution in [0.2, 0.25) is 0 Å². The van der Waals surface area contributed by atoms with Gasteiger partial charge in [0.05, 0.1) is 6.10 Å². The molecule has 0 N–H and O–H groups in total. The van der Waals surface area contributed by atoms with Gasteiger partial charge in [0.15, 0.2) is 12.6 Å². The SMILES string of the molecule is C[C@@H]1C[C@@](C)(C=O)O[C@@H](C(C)(C)C)O1. The first kappa shape index (κ1) is 11.7. The average Bonchev–Trinajstić information content (AvgIpc) is 2.01. The van der Waals surface area contributed by atoms with Gasteiger partial charge < -0.3 is 14.3 Å². The number of hydrogen-bond donors (Lipinski definition) is 0. The summed E-state index contributed by atoms with van der Waals surface area (Å²) in [6.45, 7) is 9.92. The maximum atomic E-state index is 10.9. The summed E-state index contributed by atoms with van der Waals surface area (Å²) >= 11 is 0. The summed E-state index contributed by atoms with van der Waals surface area (Å²) in [5.74, 6) is 0. The fraction of sp³-hybridized carbons (Fsp3) is 0.909. The van der Waals surface area contributed by atoms with Crippen LogP contribution in [-0.4, -0.2) is 24.3 Å². The molecule has 82 valence electrons. The highest BCUT2D eigenvalue weighted by Crippen LogP contribution is 2.34. The van der Waals surface area contributed by atoms with E-state index >= 15 is 0 Å². The zero-order valence-corrected chi connectivity index (χ0v) is 9.66. The Morgan fingerprint density at radius 3 is 2.43 bits per heavy atom. The monoisotopic (exact) mass is 200 g/mol. The highest BCUT2D eigenvalue weighted by molar-refractivity contribution is 5.62. The molecule has 1 aliphatic rings. The van der Waals surface area contributed by atoms with Crippen LogP contribution in [0.1, 0.15) is 41.0 Å². The zero-order chi connectivity index (χ0) is 11.0. The van der Waals surface area contributed by atoms with Crippen molar-refractivity contribution in [3.05, 3.63) is 0 Å².